The third kappa shape index (κ3) is 0.775. The maximum atomic E-state index is 5.35. The molecule has 2 aliphatic rings. The van der Waals surface area contributed by atoms with Crippen LogP contribution in [0.2, 0.25) is 0 Å². The van der Waals surface area contributed by atoms with E-state index in [9.17, 15) is 0 Å². The Kier molecular flexibility index (Phi) is 1.24. The molecule has 0 N–H and O–H groups in total. The van der Waals surface area contributed by atoms with Crippen molar-refractivity contribution in [2.24, 2.45) is 5.92 Å². The zero-order chi connectivity index (χ0) is 6.27. The van der Waals surface area contributed by atoms with Crippen molar-refractivity contribution in [3.63, 3.8) is 0 Å². The molecule has 1 aliphatic carbocycles. The second-order valence-electron chi connectivity index (χ2n) is 3.10. The molecule has 1 heterocycles. The molecule has 0 spiro atoms. The number of hydrogen-bond acceptors (Lipinski definition) is 2. The van der Waals surface area contributed by atoms with Gasteiger partial charge >= 0.3 is 0 Å². The van der Waals surface area contributed by atoms with Gasteiger partial charge in [0.25, 0.3) is 0 Å². The van der Waals surface area contributed by atoms with Gasteiger partial charge in [0.2, 0.25) is 0 Å². The summed E-state index contributed by atoms with van der Waals surface area (Å²) in [5, 5.41) is 2.04. The lowest BCUT2D eigenvalue weighted by Gasteiger charge is -2.14. The number of hydroxylamine groups is 2. The molecule has 2 nitrogen and oxygen atoms in total. The van der Waals surface area contributed by atoms with Gasteiger partial charge in [-0.2, -0.15) is 5.06 Å². The van der Waals surface area contributed by atoms with Crippen LogP contribution >= 0.6 is 0 Å². The van der Waals surface area contributed by atoms with E-state index in [1.807, 2.05) is 5.06 Å². The van der Waals surface area contributed by atoms with Crippen LogP contribution in [0.4, 0.5) is 0 Å². The van der Waals surface area contributed by atoms with E-state index in [2.05, 4.69) is 7.05 Å². The van der Waals surface area contributed by atoms with E-state index in [-0.39, 0.29) is 0 Å². The highest BCUT2D eigenvalue weighted by atomic mass is 16.7. The van der Waals surface area contributed by atoms with Crippen LogP contribution in [0.15, 0.2) is 0 Å². The number of hydrogen-bond donors (Lipinski definition) is 0. The predicted molar refractivity (Wildman–Crippen MR) is 34.8 cm³/mol. The van der Waals surface area contributed by atoms with Crippen LogP contribution in [-0.4, -0.2) is 24.8 Å². The molecule has 0 aromatic heterocycles. The topological polar surface area (TPSA) is 12.5 Å². The molecule has 2 fully saturated rings. The monoisotopic (exact) mass is 127 g/mol. The summed E-state index contributed by atoms with van der Waals surface area (Å²) in [7, 11) is 2.05. The number of fused-ring (bicyclic) bond motifs is 1. The largest absolute Gasteiger partial charge is 0.299 e. The summed E-state index contributed by atoms with van der Waals surface area (Å²) in [4.78, 5) is 5.35. The molecule has 2 unspecified atom stereocenters. The molecule has 2 rings (SSSR count). The molecular weight excluding hydrogens is 114 g/mol. The Morgan fingerprint density at radius 2 is 2.33 bits per heavy atom. The Morgan fingerprint density at radius 3 is 3.11 bits per heavy atom. The standard InChI is InChI=1S/C7H13NO/c1-8-7-4-2-3-6(7)5-9-8/h6-7H,2-5H2,1H3. The zero-order valence-corrected chi connectivity index (χ0v) is 5.84. The smallest absolute Gasteiger partial charge is 0.0729 e. The Bertz CT molecular complexity index is 115. The van der Waals surface area contributed by atoms with Crippen molar-refractivity contribution in [1.82, 2.24) is 5.06 Å². The first-order valence-electron chi connectivity index (χ1n) is 3.73. The summed E-state index contributed by atoms with van der Waals surface area (Å²) in [6.45, 7) is 0.973. The van der Waals surface area contributed by atoms with E-state index in [1.165, 1.54) is 19.3 Å². The van der Waals surface area contributed by atoms with Crippen molar-refractivity contribution >= 4 is 0 Å². The van der Waals surface area contributed by atoms with Gasteiger partial charge in [0, 0.05) is 19.0 Å². The molecular formula is C7H13NO. The molecule has 1 saturated heterocycles. The molecule has 0 bridgehead atoms. The minimum absolute atomic E-state index is 0.755. The fraction of sp³-hybridized carbons (Fsp3) is 1.00. The van der Waals surface area contributed by atoms with Gasteiger partial charge in [-0.1, -0.05) is 6.42 Å². The van der Waals surface area contributed by atoms with Crippen LogP contribution in [-0.2, 0) is 4.84 Å². The van der Waals surface area contributed by atoms with Crippen LogP contribution in [0.1, 0.15) is 19.3 Å². The molecule has 1 aliphatic heterocycles. The van der Waals surface area contributed by atoms with Crippen molar-refractivity contribution < 1.29 is 4.84 Å². The lowest BCUT2D eigenvalue weighted by atomic mass is 10.1. The fourth-order valence-corrected chi connectivity index (χ4v) is 2.00. The minimum atomic E-state index is 0.755. The van der Waals surface area contributed by atoms with Gasteiger partial charge < -0.3 is 0 Å². The Morgan fingerprint density at radius 1 is 1.44 bits per heavy atom. The van der Waals surface area contributed by atoms with Crippen molar-refractivity contribution in [2.45, 2.75) is 25.3 Å². The molecule has 9 heavy (non-hydrogen) atoms. The molecule has 0 aromatic carbocycles. The lowest BCUT2D eigenvalue weighted by molar-refractivity contribution is -0.110. The van der Waals surface area contributed by atoms with Crippen molar-refractivity contribution in [3.8, 4) is 0 Å². The summed E-state index contributed by atoms with van der Waals surface area (Å²) < 4.78 is 0. The van der Waals surface area contributed by atoms with Gasteiger partial charge in [0.1, 0.15) is 0 Å². The van der Waals surface area contributed by atoms with Crippen LogP contribution in [0.25, 0.3) is 0 Å². The maximum absolute atomic E-state index is 5.35. The maximum Gasteiger partial charge on any atom is 0.0729 e. The number of rotatable bonds is 0. The van der Waals surface area contributed by atoms with E-state index < -0.39 is 0 Å². The van der Waals surface area contributed by atoms with Crippen LogP contribution in [0.5, 0.6) is 0 Å². The van der Waals surface area contributed by atoms with E-state index in [0.717, 1.165) is 18.6 Å². The van der Waals surface area contributed by atoms with Crippen molar-refractivity contribution in [2.75, 3.05) is 13.7 Å². The predicted octanol–water partition coefficient (Wildman–Crippen LogP) is 1.03. The summed E-state index contributed by atoms with van der Waals surface area (Å²) >= 11 is 0. The normalized spacial score (nSPS) is 43.7. The highest BCUT2D eigenvalue weighted by Crippen LogP contribution is 2.34. The third-order valence-corrected chi connectivity index (χ3v) is 2.58. The van der Waals surface area contributed by atoms with Gasteiger partial charge in [0.15, 0.2) is 0 Å². The van der Waals surface area contributed by atoms with E-state index in [0.29, 0.717) is 0 Å². The van der Waals surface area contributed by atoms with Gasteiger partial charge in [-0.3, -0.25) is 4.84 Å². The van der Waals surface area contributed by atoms with Crippen LogP contribution in [0.3, 0.4) is 0 Å². The van der Waals surface area contributed by atoms with Crippen molar-refractivity contribution in [3.05, 3.63) is 0 Å². The Hall–Kier alpha value is -0.0800. The molecule has 2 atom stereocenters. The first-order valence-corrected chi connectivity index (χ1v) is 3.73. The fourth-order valence-electron chi connectivity index (χ4n) is 2.00. The highest BCUT2D eigenvalue weighted by molar-refractivity contribution is 4.84. The van der Waals surface area contributed by atoms with E-state index >= 15 is 0 Å². The summed E-state index contributed by atoms with van der Waals surface area (Å²) in [5.41, 5.74) is 0. The zero-order valence-electron chi connectivity index (χ0n) is 5.84. The van der Waals surface area contributed by atoms with Gasteiger partial charge in [0.05, 0.1) is 6.61 Å². The van der Waals surface area contributed by atoms with Gasteiger partial charge in [-0.25, -0.2) is 0 Å². The summed E-state index contributed by atoms with van der Waals surface area (Å²) in [6.07, 6.45) is 4.14. The number of nitrogens with zero attached hydrogens (tertiary/aromatic N) is 1. The van der Waals surface area contributed by atoms with Gasteiger partial charge in [-0.15, -0.1) is 0 Å². The van der Waals surface area contributed by atoms with E-state index in [1.54, 1.807) is 0 Å². The average Bonchev–Trinajstić information content (AvgIpc) is 2.35. The first kappa shape index (κ1) is 5.69. The molecule has 1 saturated carbocycles. The third-order valence-electron chi connectivity index (χ3n) is 2.58. The minimum Gasteiger partial charge on any atom is -0.299 e. The quantitative estimate of drug-likeness (QED) is 0.482. The second kappa shape index (κ2) is 1.96. The molecule has 2 heteroatoms. The van der Waals surface area contributed by atoms with Gasteiger partial charge in [-0.05, 0) is 12.8 Å². The van der Waals surface area contributed by atoms with Crippen molar-refractivity contribution in [1.29, 1.82) is 0 Å². The SMILES string of the molecule is CN1OCC2CCCC21. The first-order chi connectivity index (χ1) is 4.38. The Balaban J connectivity index is 2.07. The summed E-state index contributed by atoms with van der Waals surface area (Å²) in [5.74, 6) is 0.856. The van der Waals surface area contributed by atoms with Crippen LogP contribution < -0.4 is 0 Å². The second-order valence-corrected chi connectivity index (χ2v) is 3.10. The molecule has 0 amide bonds. The molecule has 52 valence electrons. The highest BCUT2D eigenvalue weighted by Gasteiger charge is 2.36. The van der Waals surface area contributed by atoms with E-state index in [4.69, 9.17) is 4.84 Å². The summed E-state index contributed by atoms with van der Waals surface area (Å²) in [6, 6.07) is 0.755. The average molecular weight is 127 g/mol. The molecule has 0 radical (unpaired) electrons. The lowest BCUT2D eigenvalue weighted by Crippen LogP contribution is -2.24. The van der Waals surface area contributed by atoms with Crippen LogP contribution in [0, 0.1) is 5.92 Å². The Labute approximate surface area is 55.7 Å². The molecule has 0 aromatic rings.